The SMILES string of the molecule is CNC(=O)[C@H]1CCO[C@H]2CCN(Cc3ccc(C)s3)C[C@@H]21. The van der Waals surface area contributed by atoms with Gasteiger partial charge in [-0.05, 0) is 31.9 Å². The fraction of sp³-hybridized carbons (Fsp3) is 0.688. The lowest BCUT2D eigenvalue weighted by molar-refractivity contribution is -0.141. The molecule has 2 aliphatic rings. The molecular formula is C16H24N2O2S. The zero-order valence-electron chi connectivity index (χ0n) is 12.8. The number of nitrogens with zero attached hydrogens (tertiary/aromatic N) is 1. The number of ether oxygens (including phenoxy) is 1. The second-order valence-electron chi connectivity index (χ2n) is 6.12. The Balaban J connectivity index is 1.66. The Hall–Kier alpha value is -0.910. The second kappa shape index (κ2) is 6.46. The first kappa shape index (κ1) is 15.0. The van der Waals surface area contributed by atoms with Crippen LogP contribution in [-0.4, -0.2) is 43.7 Å². The van der Waals surface area contributed by atoms with E-state index in [2.05, 4.69) is 29.3 Å². The van der Waals surface area contributed by atoms with Gasteiger partial charge in [-0.15, -0.1) is 11.3 Å². The molecule has 3 rings (SSSR count). The zero-order valence-corrected chi connectivity index (χ0v) is 13.6. The summed E-state index contributed by atoms with van der Waals surface area (Å²) < 4.78 is 5.91. The van der Waals surface area contributed by atoms with Crippen molar-refractivity contribution < 1.29 is 9.53 Å². The Morgan fingerprint density at radius 1 is 1.48 bits per heavy atom. The summed E-state index contributed by atoms with van der Waals surface area (Å²) in [7, 11) is 1.74. The maximum Gasteiger partial charge on any atom is 0.223 e. The Kier molecular flexibility index (Phi) is 4.62. The number of rotatable bonds is 3. The highest BCUT2D eigenvalue weighted by Crippen LogP contribution is 2.34. The predicted molar refractivity (Wildman–Crippen MR) is 84.4 cm³/mol. The Morgan fingerprint density at radius 3 is 3.05 bits per heavy atom. The van der Waals surface area contributed by atoms with Gasteiger partial charge in [0.1, 0.15) is 0 Å². The smallest absolute Gasteiger partial charge is 0.223 e. The number of carbonyl (C=O) groups is 1. The normalized spacial score (nSPS) is 29.9. The van der Waals surface area contributed by atoms with E-state index < -0.39 is 0 Å². The molecule has 0 radical (unpaired) electrons. The van der Waals surface area contributed by atoms with Gasteiger partial charge in [-0.1, -0.05) is 0 Å². The van der Waals surface area contributed by atoms with Gasteiger partial charge in [0.15, 0.2) is 0 Å². The van der Waals surface area contributed by atoms with Gasteiger partial charge >= 0.3 is 0 Å². The zero-order chi connectivity index (χ0) is 14.8. The van der Waals surface area contributed by atoms with Crippen LogP contribution in [0, 0.1) is 18.8 Å². The number of piperidine rings is 1. The lowest BCUT2D eigenvalue weighted by Gasteiger charge is -2.44. The number of thiophene rings is 1. The summed E-state index contributed by atoms with van der Waals surface area (Å²) in [6.45, 7) is 5.92. The highest BCUT2D eigenvalue weighted by Gasteiger charge is 2.41. The largest absolute Gasteiger partial charge is 0.378 e. The summed E-state index contributed by atoms with van der Waals surface area (Å²) in [5.74, 6) is 0.636. The molecule has 1 aromatic rings. The van der Waals surface area contributed by atoms with Crippen LogP contribution in [0.4, 0.5) is 0 Å². The highest BCUT2D eigenvalue weighted by molar-refractivity contribution is 7.11. The van der Waals surface area contributed by atoms with Gasteiger partial charge in [0.2, 0.25) is 5.91 Å². The van der Waals surface area contributed by atoms with E-state index in [1.54, 1.807) is 7.05 Å². The summed E-state index contributed by atoms with van der Waals surface area (Å²) in [5, 5.41) is 2.82. The molecule has 0 spiro atoms. The molecule has 21 heavy (non-hydrogen) atoms. The van der Waals surface area contributed by atoms with Crippen LogP contribution in [0.15, 0.2) is 12.1 Å². The van der Waals surface area contributed by atoms with Crippen molar-refractivity contribution in [2.45, 2.75) is 32.4 Å². The molecule has 0 bridgehead atoms. The van der Waals surface area contributed by atoms with Crippen LogP contribution in [0.25, 0.3) is 0 Å². The quantitative estimate of drug-likeness (QED) is 0.929. The van der Waals surface area contributed by atoms with Crippen molar-refractivity contribution in [2.75, 3.05) is 26.7 Å². The number of hydrogen-bond donors (Lipinski definition) is 1. The van der Waals surface area contributed by atoms with Gasteiger partial charge in [0.25, 0.3) is 0 Å². The monoisotopic (exact) mass is 308 g/mol. The number of carbonyl (C=O) groups excluding carboxylic acids is 1. The Morgan fingerprint density at radius 2 is 2.33 bits per heavy atom. The third kappa shape index (κ3) is 3.30. The van der Waals surface area contributed by atoms with Crippen molar-refractivity contribution >= 4 is 17.2 Å². The maximum atomic E-state index is 12.1. The average Bonchev–Trinajstić information content (AvgIpc) is 2.91. The van der Waals surface area contributed by atoms with E-state index in [1.165, 1.54) is 9.75 Å². The lowest BCUT2D eigenvalue weighted by atomic mass is 9.79. The van der Waals surface area contributed by atoms with E-state index in [0.29, 0.717) is 5.92 Å². The van der Waals surface area contributed by atoms with Crippen LogP contribution in [-0.2, 0) is 16.1 Å². The fourth-order valence-electron chi connectivity index (χ4n) is 3.63. The summed E-state index contributed by atoms with van der Waals surface area (Å²) >= 11 is 1.87. The number of fused-ring (bicyclic) bond motifs is 1. The molecule has 3 atom stereocenters. The van der Waals surface area contributed by atoms with E-state index in [-0.39, 0.29) is 17.9 Å². The van der Waals surface area contributed by atoms with E-state index in [4.69, 9.17) is 4.74 Å². The molecule has 0 aliphatic carbocycles. The topological polar surface area (TPSA) is 41.6 Å². The maximum absolute atomic E-state index is 12.1. The minimum atomic E-state index is 0.113. The third-order valence-corrected chi connectivity index (χ3v) is 5.70. The number of amides is 1. The van der Waals surface area contributed by atoms with Crippen molar-refractivity contribution in [3.63, 3.8) is 0 Å². The standard InChI is InChI=1S/C16H24N2O2S/c1-11-3-4-12(21-11)9-18-7-5-15-14(10-18)13(6-8-20-15)16(19)17-2/h3-4,13-15H,5-10H2,1-2H3,(H,17,19)/t13-,14+,15-/m0/s1. The molecule has 1 amide bonds. The van der Waals surface area contributed by atoms with Crippen LogP contribution in [0.3, 0.4) is 0 Å². The predicted octanol–water partition coefficient (Wildman–Crippen LogP) is 2.03. The van der Waals surface area contributed by atoms with Gasteiger partial charge in [-0.3, -0.25) is 9.69 Å². The van der Waals surface area contributed by atoms with Gasteiger partial charge in [0, 0.05) is 54.9 Å². The molecule has 2 aliphatic heterocycles. The van der Waals surface area contributed by atoms with Crippen LogP contribution < -0.4 is 5.32 Å². The first-order chi connectivity index (χ1) is 10.2. The fourth-order valence-corrected chi connectivity index (χ4v) is 4.56. The van der Waals surface area contributed by atoms with Crippen molar-refractivity contribution in [1.82, 2.24) is 10.2 Å². The minimum Gasteiger partial charge on any atom is -0.378 e. The van der Waals surface area contributed by atoms with Gasteiger partial charge in [-0.2, -0.15) is 0 Å². The van der Waals surface area contributed by atoms with E-state index >= 15 is 0 Å². The van der Waals surface area contributed by atoms with Crippen LogP contribution in [0.5, 0.6) is 0 Å². The molecule has 2 fully saturated rings. The molecule has 2 saturated heterocycles. The Bertz CT molecular complexity index is 502. The molecule has 1 N–H and O–H groups in total. The molecule has 1 aromatic heterocycles. The van der Waals surface area contributed by atoms with Crippen molar-refractivity contribution in [3.05, 3.63) is 21.9 Å². The van der Waals surface area contributed by atoms with Crippen LogP contribution in [0.2, 0.25) is 0 Å². The van der Waals surface area contributed by atoms with E-state index in [9.17, 15) is 4.79 Å². The lowest BCUT2D eigenvalue weighted by Crippen LogP contribution is -2.52. The van der Waals surface area contributed by atoms with E-state index in [1.807, 2.05) is 11.3 Å². The molecule has 0 unspecified atom stereocenters. The first-order valence-electron chi connectivity index (χ1n) is 7.78. The van der Waals surface area contributed by atoms with Gasteiger partial charge in [0.05, 0.1) is 6.10 Å². The summed E-state index contributed by atoms with van der Waals surface area (Å²) in [4.78, 5) is 17.4. The molecule has 0 aromatic carbocycles. The minimum absolute atomic E-state index is 0.113. The third-order valence-electron chi connectivity index (χ3n) is 4.71. The number of likely N-dealkylation sites (tertiary alicyclic amines) is 1. The molecule has 116 valence electrons. The number of hydrogen-bond acceptors (Lipinski definition) is 4. The molecule has 5 heteroatoms. The summed E-state index contributed by atoms with van der Waals surface area (Å²) in [5.41, 5.74) is 0. The molecule has 3 heterocycles. The molecule has 4 nitrogen and oxygen atoms in total. The van der Waals surface area contributed by atoms with Crippen LogP contribution >= 0.6 is 11.3 Å². The summed E-state index contributed by atoms with van der Waals surface area (Å²) in [6, 6.07) is 4.41. The number of aryl methyl sites for hydroxylation is 1. The highest BCUT2D eigenvalue weighted by atomic mass is 32.1. The Labute approximate surface area is 130 Å². The molecular weight excluding hydrogens is 284 g/mol. The van der Waals surface area contributed by atoms with Gasteiger partial charge < -0.3 is 10.1 Å². The van der Waals surface area contributed by atoms with Crippen LogP contribution in [0.1, 0.15) is 22.6 Å². The summed E-state index contributed by atoms with van der Waals surface area (Å²) in [6.07, 6.45) is 2.16. The van der Waals surface area contributed by atoms with Crippen molar-refractivity contribution in [2.24, 2.45) is 11.8 Å². The van der Waals surface area contributed by atoms with E-state index in [0.717, 1.165) is 39.1 Å². The van der Waals surface area contributed by atoms with Crippen molar-refractivity contribution in [1.29, 1.82) is 0 Å². The molecule has 0 saturated carbocycles. The number of nitrogens with one attached hydrogen (secondary N) is 1. The van der Waals surface area contributed by atoms with Gasteiger partial charge in [-0.25, -0.2) is 0 Å². The first-order valence-corrected chi connectivity index (χ1v) is 8.60. The average molecular weight is 308 g/mol. The second-order valence-corrected chi connectivity index (χ2v) is 7.49. The van der Waals surface area contributed by atoms with Crippen molar-refractivity contribution in [3.8, 4) is 0 Å².